The van der Waals surface area contributed by atoms with E-state index in [0.717, 1.165) is 18.4 Å². The number of fused-ring (bicyclic) bond motifs is 1. The van der Waals surface area contributed by atoms with Crippen molar-refractivity contribution in [2.24, 2.45) is 5.73 Å². The molecular weight excluding hydrogens is 512 g/mol. The van der Waals surface area contributed by atoms with Crippen LogP contribution < -0.4 is 16.6 Å². The van der Waals surface area contributed by atoms with Gasteiger partial charge in [0.1, 0.15) is 17.1 Å². The molecule has 0 saturated carbocycles. The van der Waals surface area contributed by atoms with E-state index >= 15 is 0 Å². The number of nitrogen functional groups attached to an aromatic ring is 1. The van der Waals surface area contributed by atoms with Gasteiger partial charge in [-0.05, 0) is 62.9 Å². The zero-order chi connectivity index (χ0) is 29.0. The maximum atomic E-state index is 13.9. The third-order valence-electron chi connectivity index (χ3n) is 7.13. The lowest BCUT2D eigenvalue weighted by molar-refractivity contribution is -0.150. The number of hydrogen-bond acceptors (Lipinski definition) is 8. The molecule has 11 heteroatoms. The number of benzene rings is 2. The summed E-state index contributed by atoms with van der Waals surface area (Å²) in [6.07, 6.45) is 1.93. The fourth-order valence-electron chi connectivity index (χ4n) is 4.94. The molecule has 1 aliphatic heterocycles. The fourth-order valence-corrected chi connectivity index (χ4v) is 4.94. The summed E-state index contributed by atoms with van der Waals surface area (Å²) in [5, 5.41) is 10.7. The number of amides is 1. The Balaban J connectivity index is 1.77. The Morgan fingerprint density at radius 1 is 1.20 bits per heavy atom. The van der Waals surface area contributed by atoms with Crippen LogP contribution in [0.3, 0.4) is 0 Å². The van der Waals surface area contributed by atoms with Crippen LogP contribution in [0.5, 0.6) is 0 Å². The van der Waals surface area contributed by atoms with Gasteiger partial charge in [-0.3, -0.25) is 25.1 Å². The van der Waals surface area contributed by atoms with Crippen LogP contribution in [0.25, 0.3) is 11.0 Å². The first-order valence-electron chi connectivity index (χ1n) is 13.2. The Kier molecular flexibility index (Phi) is 8.43. The van der Waals surface area contributed by atoms with Crippen LogP contribution in [0.2, 0.25) is 0 Å². The highest BCUT2D eigenvalue weighted by Gasteiger charge is 2.43. The molecule has 40 heavy (non-hydrogen) atoms. The molecule has 0 bridgehead atoms. The maximum absolute atomic E-state index is 13.9. The summed E-state index contributed by atoms with van der Waals surface area (Å²) >= 11 is 0. The second kappa shape index (κ2) is 11.8. The van der Waals surface area contributed by atoms with Crippen molar-refractivity contribution in [2.45, 2.75) is 51.6 Å². The van der Waals surface area contributed by atoms with Gasteiger partial charge in [0.05, 0.1) is 17.6 Å². The van der Waals surface area contributed by atoms with E-state index in [4.69, 9.17) is 15.9 Å². The van der Waals surface area contributed by atoms with Gasteiger partial charge in [-0.1, -0.05) is 24.3 Å². The molecule has 2 atom stereocenters. The number of Topliss-reactive ketones (excluding diaryl/α,β-unsaturated/α-hetero) is 1. The van der Waals surface area contributed by atoms with Crippen LogP contribution in [0, 0.1) is 5.41 Å². The summed E-state index contributed by atoms with van der Waals surface area (Å²) in [6, 6.07) is 10.7. The van der Waals surface area contributed by atoms with E-state index in [9.17, 15) is 19.2 Å². The van der Waals surface area contributed by atoms with Gasteiger partial charge >= 0.3 is 5.97 Å². The Hall–Kier alpha value is -4.38. The predicted molar refractivity (Wildman–Crippen MR) is 150 cm³/mol. The number of esters is 1. The van der Waals surface area contributed by atoms with Crippen molar-refractivity contribution >= 4 is 34.5 Å². The summed E-state index contributed by atoms with van der Waals surface area (Å²) in [5.74, 6) is -1.58. The van der Waals surface area contributed by atoms with Crippen molar-refractivity contribution in [1.29, 1.82) is 5.41 Å². The lowest BCUT2D eigenvalue weighted by Gasteiger charge is -2.36. The van der Waals surface area contributed by atoms with E-state index in [1.807, 2.05) is 6.07 Å². The smallest absolute Gasteiger partial charge is 0.330 e. The lowest BCUT2D eigenvalue weighted by atomic mass is 9.88. The summed E-state index contributed by atoms with van der Waals surface area (Å²) < 4.78 is 5.11. The highest BCUT2D eigenvalue weighted by molar-refractivity contribution is 6.03. The minimum Gasteiger partial charge on any atom is -0.464 e. The summed E-state index contributed by atoms with van der Waals surface area (Å²) in [5.41, 5.74) is 6.73. The lowest BCUT2D eigenvalue weighted by Crippen LogP contribution is -2.60. The van der Waals surface area contributed by atoms with Crippen LogP contribution in [0.4, 0.5) is 0 Å². The van der Waals surface area contributed by atoms with Gasteiger partial charge in [0.25, 0.3) is 5.56 Å². The monoisotopic (exact) mass is 546 g/mol. The summed E-state index contributed by atoms with van der Waals surface area (Å²) in [6.45, 7) is 5.80. The molecule has 1 aliphatic rings. The van der Waals surface area contributed by atoms with Crippen molar-refractivity contribution < 1.29 is 19.1 Å². The molecule has 1 saturated heterocycles. The summed E-state index contributed by atoms with van der Waals surface area (Å²) in [7, 11) is 0. The van der Waals surface area contributed by atoms with Crippen LogP contribution in [-0.4, -0.2) is 64.1 Å². The number of likely N-dealkylation sites (tertiary alicyclic amines) is 1. The maximum Gasteiger partial charge on any atom is 0.330 e. The molecular formula is C29H34N6O5. The van der Waals surface area contributed by atoms with Crippen LogP contribution in [0.1, 0.15) is 56.0 Å². The predicted octanol–water partition coefficient (Wildman–Crippen LogP) is 1.75. The number of H-pyrrole nitrogens is 1. The van der Waals surface area contributed by atoms with Gasteiger partial charge in [-0.2, -0.15) is 0 Å². The number of rotatable bonds is 10. The van der Waals surface area contributed by atoms with Gasteiger partial charge < -0.3 is 20.4 Å². The van der Waals surface area contributed by atoms with E-state index in [-0.39, 0.29) is 36.0 Å². The molecule has 0 aliphatic carbocycles. The van der Waals surface area contributed by atoms with E-state index in [0.29, 0.717) is 35.2 Å². The van der Waals surface area contributed by atoms with Crippen LogP contribution in [-0.2, 0) is 31.1 Å². The molecule has 4 rings (SSSR count). The first-order chi connectivity index (χ1) is 19.0. The van der Waals surface area contributed by atoms with Crippen molar-refractivity contribution in [3.05, 3.63) is 75.2 Å². The number of ketones is 1. The quantitative estimate of drug-likeness (QED) is 0.129. The van der Waals surface area contributed by atoms with Crippen molar-refractivity contribution in [1.82, 2.24) is 20.2 Å². The SMILES string of the molecule is CCOC(=O)C(NC(C)(C(=O)N1CCCC1)c1ccc2[nH]c(=O)c(Cc3cccc(C(=N)N)c3)nc2c1)C(C)=O. The molecule has 5 N–H and O–H groups in total. The molecule has 3 aromatic rings. The molecule has 2 heterocycles. The van der Waals surface area contributed by atoms with Crippen LogP contribution in [0.15, 0.2) is 47.3 Å². The molecule has 2 unspecified atom stereocenters. The molecule has 210 valence electrons. The van der Waals surface area contributed by atoms with Gasteiger partial charge in [-0.15, -0.1) is 0 Å². The largest absolute Gasteiger partial charge is 0.464 e. The number of ether oxygens (including phenoxy) is 1. The molecule has 0 spiro atoms. The van der Waals surface area contributed by atoms with Gasteiger partial charge in [0, 0.05) is 25.1 Å². The third-order valence-corrected chi connectivity index (χ3v) is 7.13. The Morgan fingerprint density at radius 3 is 2.58 bits per heavy atom. The number of aromatic amines is 1. The molecule has 1 aromatic heterocycles. The van der Waals surface area contributed by atoms with E-state index in [1.165, 1.54) is 6.92 Å². The molecule has 1 amide bonds. The third kappa shape index (κ3) is 5.94. The summed E-state index contributed by atoms with van der Waals surface area (Å²) in [4.78, 5) is 61.0. The molecule has 2 aromatic carbocycles. The highest BCUT2D eigenvalue weighted by atomic mass is 16.5. The molecule has 11 nitrogen and oxygen atoms in total. The highest BCUT2D eigenvalue weighted by Crippen LogP contribution is 2.29. The number of nitrogens with two attached hydrogens (primary N) is 1. The fraction of sp³-hybridized carbons (Fsp3) is 0.379. The zero-order valence-corrected chi connectivity index (χ0v) is 22.9. The van der Waals surface area contributed by atoms with Gasteiger partial charge in [0.15, 0.2) is 11.8 Å². The van der Waals surface area contributed by atoms with Crippen molar-refractivity contribution in [3.8, 4) is 0 Å². The number of carbonyl (C=O) groups is 3. The molecule has 0 radical (unpaired) electrons. The number of aromatic nitrogens is 2. The number of hydrogen-bond donors (Lipinski definition) is 4. The first-order valence-corrected chi connectivity index (χ1v) is 13.2. The van der Waals surface area contributed by atoms with Crippen molar-refractivity contribution in [3.63, 3.8) is 0 Å². The average molecular weight is 547 g/mol. The second-order valence-electron chi connectivity index (χ2n) is 10.1. The van der Waals surface area contributed by atoms with E-state index in [1.54, 1.807) is 55.1 Å². The molecule has 1 fully saturated rings. The average Bonchev–Trinajstić information content (AvgIpc) is 3.46. The number of nitrogens with one attached hydrogen (secondary N) is 3. The number of amidine groups is 1. The van der Waals surface area contributed by atoms with Crippen LogP contribution >= 0.6 is 0 Å². The van der Waals surface area contributed by atoms with Crippen molar-refractivity contribution in [2.75, 3.05) is 19.7 Å². The second-order valence-corrected chi connectivity index (χ2v) is 10.1. The minimum atomic E-state index is -1.46. The standard InChI is InChI=1S/C29H34N6O5/c1-4-40-27(38)24(17(2)36)34-29(3,28(39)35-12-5-6-13-35)20-10-11-21-22(16-20)32-23(26(37)33-21)15-18-8-7-9-19(14-18)25(30)31/h7-11,14,16,24,34H,4-6,12-13,15H2,1-3H3,(H3,30,31)(H,33,37). The van der Waals surface area contributed by atoms with E-state index < -0.39 is 23.3 Å². The van der Waals surface area contributed by atoms with E-state index in [2.05, 4.69) is 15.3 Å². The van der Waals surface area contributed by atoms with Gasteiger partial charge in [0.2, 0.25) is 5.91 Å². The van der Waals surface area contributed by atoms with Gasteiger partial charge in [-0.25, -0.2) is 9.78 Å². The minimum absolute atomic E-state index is 0.0759. The topological polar surface area (TPSA) is 171 Å². The number of nitrogens with zero attached hydrogens (tertiary/aromatic N) is 2. The number of carbonyl (C=O) groups excluding carboxylic acids is 3. The first kappa shape index (κ1) is 28.6. The Bertz CT molecular complexity index is 1530. The normalized spacial score (nSPS) is 15.4. The zero-order valence-electron chi connectivity index (χ0n) is 22.9. The Labute approximate surface area is 231 Å². The Morgan fingerprint density at radius 2 is 1.93 bits per heavy atom.